The second-order valence-corrected chi connectivity index (χ2v) is 6.69. The molecule has 0 aliphatic carbocycles. The van der Waals surface area contributed by atoms with Crippen LogP contribution in [0.5, 0.6) is 0 Å². The van der Waals surface area contributed by atoms with Crippen LogP contribution in [0.25, 0.3) is 0 Å². The van der Waals surface area contributed by atoms with Gasteiger partial charge in [-0.25, -0.2) is 0 Å². The van der Waals surface area contributed by atoms with Gasteiger partial charge in [0.2, 0.25) is 5.91 Å². The SMILES string of the molecule is CCC1(C)NC(C)N(C(C)CCS(C)=O)C1=O. The lowest BCUT2D eigenvalue weighted by atomic mass is 9.99. The molecule has 0 spiro atoms. The Morgan fingerprint density at radius 1 is 1.59 bits per heavy atom. The number of rotatable bonds is 5. The molecule has 0 aromatic heterocycles. The highest BCUT2D eigenvalue weighted by Gasteiger charge is 2.46. The third-order valence-corrected chi connectivity index (χ3v) is 4.47. The van der Waals surface area contributed by atoms with Crippen molar-refractivity contribution in [3.05, 3.63) is 0 Å². The van der Waals surface area contributed by atoms with E-state index in [1.807, 2.05) is 32.6 Å². The minimum atomic E-state index is -0.788. The molecule has 1 saturated heterocycles. The maximum Gasteiger partial charge on any atom is 0.244 e. The Labute approximate surface area is 107 Å². The van der Waals surface area contributed by atoms with Gasteiger partial charge in [0, 0.05) is 28.9 Å². The minimum Gasteiger partial charge on any atom is -0.323 e. The molecular formula is C12H24N2O2S. The number of nitrogens with zero attached hydrogens (tertiary/aromatic N) is 1. The molecule has 4 nitrogen and oxygen atoms in total. The first-order valence-corrected chi connectivity index (χ1v) is 7.95. The molecule has 100 valence electrons. The van der Waals surface area contributed by atoms with Crippen LogP contribution in [0, 0.1) is 0 Å². The lowest BCUT2D eigenvalue weighted by molar-refractivity contribution is -0.134. The topological polar surface area (TPSA) is 49.4 Å². The zero-order valence-corrected chi connectivity index (χ0v) is 12.3. The Kier molecular flexibility index (Phi) is 4.72. The van der Waals surface area contributed by atoms with E-state index in [0.717, 1.165) is 12.8 Å². The van der Waals surface area contributed by atoms with Gasteiger partial charge >= 0.3 is 0 Å². The molecule has 0 saturated carbocycles. The van der Waals surface area contributed by atoms with E-state index in [2.05, 4.69) is 5.32 Å². The standard InChI is InChI=1S/C12H24N2O2S/c1-6-12(4)11(15)14(10(3)13-12)9(2)7-8-17(5)16/h9-10,13H,6-8H2,1-5H3. The van der Waals surface area contributed by atoms with Crippen LogP contribution >= 0.6 is 0 Å². The third kappa shape index (κ3) is 3.07. The van der Waals surface area contributed by atoms with Crippen LogP contribution < -0.4 is 5.32 Å². The second kappa shape index (κ2) is 5.48. The molecule has 4 atom stereocenters. The average molecular weight is 260 g/mol. The van der Waals surface area contributed by atoms with Crippen molar-refractivity contribution in [1.82, 2.24) is 10.2 Å². The number of nitrogens with one attached hydrogen (secondary N) is 1. The first kappa shape index (κ1) is 14.6. The summed E-state index contributed by atoms with van der Waals surface area (Å²) in [5.74, 6) is 0.822. The second-order valence-electron chi connectivity index (χ2n) is 5.13. The number of hydrogen-bond donors (Lipinski definition) is 1. The molecule has 1 aliphatic heterocycles. The van der Waals surface area contributed by atoms with Gasteiger partial charge in [-0.2, -0.15) is 0 Å². The van der Waals surface area contributed by atoms with E-state index in [1.54, 1.807) is 6.26 Å². The lowest BCUT2D eigenvalue weighted by Crippen LogP contribution is -2.44. The molecular weight excluding hydrogens is 236 g/mol. The van der Waals surface area contributed by atoms with Crippen LogP contribution in [0.1, 0.15) is 40.5 Å². The normalized spacial score (nSPS) is 32.9. The van der Waals surface area contributed by atoms with Crippen LogP contribution in [0.3, 0.4) is 0 Å². The van der Waals surface area contributed by atoms with Gasteiger partial charge < -0.3 is 4.90 Å². The van der Waals surface area contributed by atoms with Gasteiger partial charge in [-0.05, 0) is 33.6 Å². The van der Waals surface area contributed by atoms with Crippen molar-refractivity contribution >= 4 is 16.7 Å². The predicted octanol–water partition coefficient (Wildman–Crippen LogP) is 1.09. The first-order chi connectivity index (χ1) is 7.81. The van der Waals surface area contributed by atoms with Crippen molar-refractivity contribution in [3.63, 3.8) is 0 Å². The quantitative estimate of drug-likeness (QED) is 0.805. The molecule has 1 amide bonds. The largest absolute Gasteiger partial charge is 0.323 e. The van der Waals surface area contributed by atoms with E-state index in [4.69, 9.17) is 0 Å². The number of hydrogen-bond acceptors (Lipinski definition) is 3. The summed E-state index contributed by atoms with van der Waals surface area (Å²) in [6.07, 6.45) is 3.35. The van der Waals surface area contributed by atoms with Gasteiger partial charge in [0.15, 0.2) is 0 Å². The number of amides is 1. The zero-order valence-electron chi connectivity index (χ0n) is 11.4. The van der Waals surface area contributed by atoms with E-state index in [-0.39, 0.29) is 18.1 Å². The fraction of sp³-hybridized carbons (Fsp3) is 0.917. The van der Waals surface area contributed by atoms with E-state index < -0.39 is 16.3 Å². The summed E-state index contributed by atoms with van der Waals surface area (Å²) in [5.41, 5.74) is -0.432. The van der Waals surface area contributed by atoms with Gasteiger partial charge in [0.1, 0.15) is 0 Å². The van der Waals surface area contributed by atoms with E-state index in [9.17, 15) is 9.00 Å². The Morgan fingerprint density at radius 3 is 2.59 bits per heavy atom. The maximum atomic E-state index is 12.3. The maximum absolute atomic E-state index is 12.3. The van der Waals surface area contributed by atoms with Crippen molar-refractivity contribution in [2.75, 3.05) is 12.0 Å². The van der Waals surface area contributed by atoms with E-state index >= 15 is 0 Å². The first-order valence-electron chi connectivity index (χ1n) is 6.22. The van der Waals surface area contributed by atoms with Gasteiger partial charge in [-0.1, -0.05) is 6.92 Å². The zero-order chi connectivity index (χ0) is 13.2. The van der Waals surface area contributed by atoms with Crippen LogP contribution in [0.15, 0.2) is 0 Å². The van der Waals surface area contributed by atoms with Crippen molar-refractivity contribution in [1.29, 1.82) is 0 Å². The molecule has 0 aromatic rings. The number of carbonyl (C=O) groups is 1. The number of carbonyl (C=O) groups excluding carboxylic acids is 1. The van der Waals surface area contributed by atoms with Gasteiger partial charge in [0.05, 0.1) is 11.7 Å². The predicted molar refractivity (Wildman–Crippen MR) is 71.2 cm³/mol. The summed E-state index contributed by atoms with van der Waals surface area (Å²) in [6, 6.07) is 0.141. The molecule has 5 heteroatoms. The Morgan fingerprint density at radius 2 is 2.18 bits per heavy atom. The van der Waals surface area contributed by atoms with Crippen LogP contribution in [-0.2, 0) is 15.6 Å². The van der Waals surface area contributed by atoms with Crippen molar-refractivity contribution in [3.8, 4) is 0 Å². The molecule has 1 N–H and O–H groups in total. The fourth-order valence-electron chi connectivity index (χ4n) is 2.36. The van der Waals surface area contributed by atoms with Crippen molar-refractivity contribution in [2.24, 2.45) is 0 Å². The van der Waals surface area contributed by atoms with Gasteiger partial charge in [0.25, 0.3) is 0 Å². The minimum absolute atomic E-state index is 0.0627. The summed E-state index contributed by atoms with van der Waals surface area (Å²) in [5, 5.41) is 3.35. The molecule has 0 bridgehead atoms. The van der Waals surface area contributed by atoms with Crippen molar-refractivity contribution < 1.29 is 9.00 Å². The summed E-state index contributed by atoms with van der Waals surface area (Å²) < 4.78 is 11.1. The highest BCUT2D eigenvalue weighted by Crippen LogP contribution is 2.26. The molecule has 4 unspecified atom stereocenters. The average Bonchev–Trinajstić information content (AvgIpc) is 2.47. The molecule has 1 rings (SSSR count). The highest BCUT2D eigenvalue weighted by molar-refractivity contribution is 7.84. The van der Waals surface area contributed by atoms with Crippen LogP contribution in [-0.4, -0.2) is 44.8 Å². The molecule has 1 fully saturated rings. The summed E-state index contributed by atoms with van der Waals surface area (Å²) in [4.78, 5) is 14.2. The molecule has 1 aliphatic rings. The molecule has 1 heterocycles. The third-order valence-electron chi connectivity index (χ3n) is 3.66. The van der Waals surface area contributed by atoms with Crippen LogP contribution in [0.2, 0.25) is 0 Å². The fourth-order valence-corrected chi connectivity index (χ4v) is 3.04. The van der Waals surface area contributed by atoms with Gasteiger partial charge in [-0.3, -0.25) is 14.3 Å². The Hall–Kier alpha value is -0.420. The Bertz CT molecular complexity index is 322. The van der Waals surface area contributed by atoms with Crippen LogP contribution in [0.4, 0.5) is 0 Å². The smallest absolute Gasteiger partial charge is 0.244 e. The van der Waals surface area contributed by atoms with Gasteiger partial charge in [-0.15, -0.1) is 0 Å². The van der Waals surface area contributed by atoms with E-state index in [0.29, 0.717) is 5.75 Å². The van der Waals surface area contributed by atoms with E-state index in [1.165, 1.54) is 0 Å². The Balaban J connectivity index is 2.71. The summed E-state index contributed by atoms with van der Waals surface area (Å²) in [7, 11) is -0.788. The summed E-state index contributed by atoms with van der Waals surface area (Å²) >= 11 is 0. The summed E-state index contributed by atoms with van der Waals surface area (Å²) in [6.45, 7) is 8.02. The highest BCUT2D eigenvalue weighted by atomic mass is 32.2. The molecule has 17 heavy (non-hydrogen) atoms. The van der Waals surface area contributed by atoms with Crippen molar-refractivity contribution in [2.45, 2.75) is 58.3 Å². The lowest BCUT2D eigenvalue weighted by Gasteiger charge is -2.28. The monoisotopic (exact) mass is 260 g/mol. The molecule has 0 aromatic carbocycles. The molecule has 0 radical (unpaired) electrons.